The Bertz CT molecular complexity index is 678. The van der Waals surface area contributed by atoms with E-state index in [9.17, 15) is 4.79 Å². The zero-order chi connectivity index (χ0) is 15.0. The van der Waals surface area contributed by atoms with E-state index in [2.05, 4.69) is 10.3 Å². The number of benzene rings is 1. The molecule has 4 nitrogen and oxygen atoms in total. The first-order chi connectivity index (χ1) is 10.0. The highest BCUT2D eigenvalue weighted by Gasteiger charge is 2.43. The maximum atomic E-state index is 12.7. The van der Waals surface area contributed by atoms with Crippen molar-refractivity contribution in [1.82, 2.24) is 4.98 Å². The van der Waals surface area contributed by atoms with E-state index in [1.165, 1.54) is 0 Å². The molecule has 0 unspecified atom stereocenters. The summed E-state index contributed by atoms with van der Waals surface area (Å²) in [6.45, 7) is 7.47. The molecule has 0 spiro atoms. The molecule has 1 N–H and O–H groups in total. The van der Waals surface area contributed by atoms with Crippen molar-refractivity contribution in [3.8, 4) is 0 Å². The number of aromatic nitrogens is 1. The molecule has 110 valence electrons. The van der Waals surface area contributed by atoms with E-state index < -0.39 is 5.41 Å². The fourth-order valence-electron chi connectivity index (χ4n) is 2.73. The van der Waals surface area contributed by atoms with Crippen LogP contribution in [0.15, 0.2) is 30.5 Å². The van der Waals surface area contributed by atoms with Crippen molar-refractivity contribution in [2.24, 2.45) is 0 Å². The smallest absolute Gasteiger partial charge is 0.237 e. The fraction of sp³-hybridized carbons (Fsp3) is 0.375. The van der Waals surface area contributed by atoms with Gasteiger partial charge in [0.05, 0.1) is 12.0 Å². The Morgan fingerprint density at radius 3 is 2.86 bits per heavy atom. The Balaban J connectivity index is 1.90. The summed E-state index contributed by atoms with van der Waals surface area (Å²) in [5.41, 5.74) is 1.67. The van der Waals surface area contributed by atoms with Crippen LogP contribution in [-0.2, 0) is 16.8 Å². The second kappa shape index (κ2) is 5.15. The summed E-state index contributed by atoms with van der Waals surface area (Å²) in [4.78, 5) is 20.0. The van der Waals surface area contributed by atoms with Crippen LogP contribution in [0.1, 0.15) is 31.2 Å². The van der Waals surface area contributed by atoms with Crippen LogP contribution < -0.4 is 10.2 Å². The molecule has 0 saturated heterocycles. The Kier molecular flexibility index (Phi) is 3.45. The zero-order valence-electron chi connectivity index (χ0n) is 12.5. The second-order valence-corrected chi connectivity index (χ2v) is 6.81. The molecule has 21 heavy (non-hydrogen) atoms. The van der Waals surface area contributed by atoms with Crippen molar-refractivity contribution in [3.05, 3.63) is 40.9 Å². The summed E-state index contributed by atoms with van der Waals surface area (Å²) in [6, 6.07) is 8.04. The molecule has 0 bridgehead atoms. The molecular formula is C16H19N3OS. The van der Waals surface area contributed by atoms with E-state index >= 15 is 0 Å². The van der Waals surface area contributed by atoms with E-state index in [4.69, 9.17) is 0 Å². The van der Waals surface area contributed by atoms with Crippen LogP contribution in [0.25, 0.3) is 0 Å². The molecule has 1 aliphatic heterocycles. The number of anilines is 2. The van der Waals surface area contributed by atoms with Gasteiger partial charge in [-0.15, -0.1) is 11.3 Å². The lowest BCUT2D eigenvalue weighted by Crippen LogP contribution is -2.35. The predicted octanol–water partition coefficient (Wildman–Crippen LogP) is 3.40. The van der Waals surface area contributed by atoms with Gasteiger partial charge in [-0.3, -0.25) is 4.79 Å². The van der Waals surface area contributed by atoms with E-state index in [1.807, 2.05) is 56.1 Å². The molecule has 1 aromatic carbocycles. The first-order valence-corrected chi connectivity index (χ1v) is 7.95. The van der Waals surface area contributed by atoms with Gasteiger partial charge in [-0.25, -0.2) is 4.98 Å². The molecule has 2 heterocycles. The number of hydrogen-bond acceptors (Lipinski definition) is 4. The third kappa shape index (κ3) is 2.31. The average Bonchev–Trinajstić information content (AvgIpc) is 2.98. The summed E-state index contributed by atoms with van der Waals surface area (Å²) < 4.78 is 0. The van der Waals surface area contributed by atoms with Crippen LogP contribution in [0.5, 0.6) is 0 Å². The summed E-state index contributed by atoms with van der Waals surface area (Å²) in [5, 5.41) is 4.11. The summed E-state index contributed by atoms with van der Waals surface area (Å²) in [5.74, 6) is 0.155. The molecule has 0 fully saturated rings. The number of nitrogens with one attached hydrogen (secondary N) is 1. The maximum absolute atomic E-state index is 12.7. The number of thiazole rings is 1. The van der Waals surface area contributed by atoms with Crippen LogP contribution >= 0.6 is 11.3 Å². The second-order valence-electron chi connectivity index (χ2n) is 5.70. The highest BCUT2D eigenvalue weighted by atomic mass is 32.1. The Morgan fingerprint density at radius 2 is 2.10 bits per heavy atom. The summed E-state index contributed by atoms with van der Waals surface area (Å²) in [6.07, 6.45) is 1.85. The molecule has 2 aromatic rings. The van der Waals surface area contributed by atoms with Gasteiger partial charge in [0.15, 0.2) is 5.13 Å². The number of fused-ring (bicyclic) bond motifs is 1. The summed E-state index contributed by atoms with van der Waals surface area (Å²) >= 11 is 1.61. The lowest BCUT2D eigenvalue weighted by atomic mass is 9.86. The third-order valence-corrected chi connectivity index (χ3v) is 4.78. The standard InChI is InChI=1S/C16H19N3OS/c1-4-17-15-18-9-11(21-15)10-19-13-8-6-5-7-12(13)16(2,3)14(19)20/h5-9H,4,10H2,1-3H3,(H,17,18). The summed E-state index contributed by atoms with van der Waals surface area (Å²) in [7, 11) is 0. The van der Waals surface area contributed by atoms with Gasteiger partial charge in [0.1, 0.15) is 0 Å². The molecule has 0 atom stereocenters. The van der Waals surface area contributed by atoms with Crippen LogP contribution in [0.3, 0.4) is 0 Å². The molecule has 1 aromatic heterocycles. The van der Waals surface area contributed by atoms with Crippen molar-refractivity contribution in [2.75, 3.05) is 16.8 Å². The van der Waals surface area contributed by atoms with Crippen LogP contribution in [0.2, 0.25) is 0 Å². The van der Waals surface area contributed by atoms with Gasteiger partial charge in [0.2, 0.25) is 5.91 Å². The number of nitrogens with zero attached hydrogens (tertiary/aromatic N) is 2. The maximum Gasteiger partial charge on any atom is 0.237 e. The number of carbonyl (C=O) groups is 1. The minimum absolute atomic E-state index is 0.155. The van der Waals surface area contributed by atoms with Crippen molar-refractivity contribution in [2.45, 2.75) is 32.7 Å². The SMILES string of the molecule is CCNc1ncc(CN2C(=O)C(C)(C)c3ccccc32)s1. The van der Waals surface area contributed by atoms with E-state index in [0.29, 0.717) is 6.54 Å². The van der Waals surface area contributed by atoms with Gasteiger partial charge in [-0.05, 0) is 32.4 Å². The molecule has 0 aliphatic carbocycles. The van der Waals surface area contributed by atoms with Gasteiger partial charge in [-0.2, -0.15) is 0 Å². The quantitative estimate of drug-likeness (QED) is 0.941. The topological polar surface area (TPSA) is 45.2 Å². The van der Waals surface area contributed by atoms with Gasteiger partial charge < -0.3 is 10.2 Å². The highest BCUT2D eigenvalue weighted by Crippen LogP contribution is 2.42. The number of rotatable bonds is 4. The third-order valence-electron chi connectivity index (χ3n) is 3.84. The molecular weight excluding hydrogens is 282 g/mol. The molecule has 1 aliphatic rings. The predicted molar refractivity (Wildman–Crippen MR) is 86.9 cm³/mol. The van der Waals surface area contributed by atoms with Crippen LogP contribution in [0, 0.1) is 0 Å². The van der Waals surface area contributed by atoms with Crippen LogP contribution in [0.4, 0.5) is 10.8 Å². The Labute approximate surface area is 128 Å². The molecule has 1 amide bonds. The lowest BCUT2D eigenvalue weighted by Gasteiger charge is -2.19. The van der Waals surface area contributed by atoms with Gasteiger partial charge >= 0.3 is 0 Å². The lowest BCUT2D eigenvalue weighted by molar-refractivity contribution is -0.122. The van der Waals surface area contributed by atoms with Crippen molar-refractivity contribution >= 4 is 28.1 Å². The van der Waals surface area contributed by atoms with Gasteiger partial charge in [0.25, 0.3) is 0 Å². The molecule has 0 saturated carbocycles. The zero-order valence-corrected chi connectivity index (χ0v) is 13.3. The van der Waals surface area contributed by atoms with Crippen molar-refractivity contribution in [1.29, 1.82) is 0 Å². The number of hydrogen-bond donors (Lipinski definition) is 1. The normalized spacial score (nSPS) is 16.1. The van der Waals surface area contributed by atoms with E-state index in [1.54, 1.807) is 11.3 Å². The Morgan fingerprint density at radius 1 is 1.33 bits per heavy atom. The van der Waals surface area contributed by atoms with Crippen molar-refractivity contribution < 1.29 is 4.79 Å². The first-order valence-electron chi connectivity index (χ1n) is 7.14. The van der Waals surface area contributed by atoms with Crippen molar-refractivity contribution in [3.63, 3.8) is 0 Å². The molecule has 5 heteroatoms. The van der Waals surface area contributed by atoms with Gasteiger partial charge in [-0.1, -0.05) is 18.2 Å². The van der Waals surface area contributed by atoms with Crippen LogP contribution in [-0.4, -0.2) is 17.4 Å². The fourth-order valence-corrected chi connectivity index (χ4v) is 3.60. The minimum atomic E-state index is -0.453. The van der Waals surface area contributed by atoms with E-state index in [0.717, 1.165) is 27.8 Å². The molecule has 0 radical (unpaired) electrons. The first kappa shape index (κ1) is 14.1. The monoisotopic (exact) mass is 301 g/mol. The molecule has 3 rings (SSSR count). The largest absolute Gasteiger partial charge is 0.362 e. The number of amides is 1. The minimum Gasteiger partial charge on any atom is -0.362 e. The average molecular weight is 301 g/mol. The highest BCUT2D eigenvalue weighted by molar-refractivity contribution is 7.15. The number of carbonyl (C=O) groups excluding carboxylic acids is 1. The number of para-hydroxylation sites is 1. The Hall–Kier alpha value is -1.88. The van der Waals surface area contributed by atoms with Gasteiger partial charge in [0, 0.05) is 23.3 Å². The van der Waals surface area contributed by atoms with E-state index in [-0.39, 0.29) is 5.91 Å².